The second-order valence-electron chi connectivity index (χ2n) is 13.5. The van der Waals surface area contributed by atoms with Gasteiger partial charge in [-0.2, -0.15) is 0 Å². The van der Waals surface area contributed by atoms with Crippen LogP contribution in [0.15, 0.2) is 102 Å². The average Bonchev–Trinajstić information content (AvgIpc) is 3.52. The number of fused-ring (bicyclic) bond motifs is 1. The van der Waals surface area contributed by atoms with Crippen molar-refractivity contribution in [3.05, 3.63) is 146 Å². The first-order valence-electron chi connectivity index (χ1n) is 17.7. The Balaban J connectivity index is 1.19. The summed E-state index contributed by atoms with van der Waals surface area (Å²) in [5, 5.41) is 21.6. The lowest BCUT2D eigenvalue weighted by Gasteiger charge is -2.28. The Morgan fingerprint density at radius 1 is 0.759 bits per heavy atom. The van der Waals surface area contributed by atoms with Crippen LogP contribution in [-0.4, -0.2) is 48.3 Å². The molecule has 0 fully saturated rings. The Bertz CT molecular complexity index is 2330. The number of amides is 1. The number of carbonyl (C=O) groups excluding carboxylic acids is 2. The van der Waals surface area contributed by atoms with Gasteiger partial charge in [0.05, 0.1) is 27.3 Å². The number of hydrogen-bond donors (Lipinski definition) is 3. The molecule has 0 saturated carbocycles. The van der Waals surface area contributed by atoms with E-state index in [0.29, 0.717) is 16.1 Å². The molecule has 1 aliphatic carbocycles. The zero-order valence-electron chi connectivity index (χ0n) is 29.9. The lowest BCUT2D eigenvalue weighted by Crippen LogP contribution is -2.37. The van der Waals surface area contributed by atoms with Crippen LogP contribution in [0, 0.1) is 0 Å². The number of Topliss-reactive ketones (excluding diaryl/α,β-unsaturated/α-hetero) is 1. The summed E-state index contributed by atoms with van der Waals surface area (Å²) in [5.74, 6) is -2.76. The SMILES string of the molecule is CC(C)N(c1cccc(C(=O)O)c1)S(=O)(=O)c1cccc(C(=O)Cc2sc3c(c2C(=O)Nc2ccc(CCc4ccc(C(=O)O)cc4)cc2)CCCC3)c1. The molecule has 3 N–H and O–H groups in total. The first kappa shape index (κ1) is 38.1. The van der Waals surface area contributed by atoms with Gasteiger partial charge in [0.2, 0.25) is 0 Å². The van der Waals surface area contributed by atoms with Gasteiger partial charge < -0.3 is 15.5 Å². The first-order chi connectivity index (χ1) is 25.8. The Morgan fingerprint density at radius 3 is 2.02 bits per heavy atom. The summed E-state index contributed by atoms with van der Waals surface area (Å²) in [6.45, 7) is 3.37. The topological polar surface area (TPSA) is 158 Å². The van der Waals surface area contributed by atoms with E-state index >= 15 is 0 Å². The summed E-state index contributed by atoms with van der Waals surface area (Å²) in [6.07, 6.45) is 4.88. The molecular formula is C42H40N2O8S2. The summed E-state index contributed by atoms with van der Waals surface area (Å²) in [4.78, 5) is 52.1. The summed E-state index contributed by atoms with van der Waals surface area (Å²) >= 11 is 1.46. The molecule has 1 heterocycles. The molecule has 54 heavy (non-hydrogen) atoms. The van der Waals surface area contributed by atoms with Crippen LogP contribution >= 0.6 is 11.3 Å². The number of ketones is 1. The van der Waals surface area contributed by atoms with Crippen LogP contribution in [-0.2, 0) is 42.1 Å². The van der Waals surface area contributed by atoms with Gasteiger partial charge in [-0.15, -0.1) is 11.3 Å². The number of sulfonamides is 1. The fourth-order valence-corrected chi connectivity index (χ4v) is 9.84. The van der Waals surface area contributed by atoms with Crippen LogP contribution in [0.25, 0.3) is 0 Å². The van der Waals surface area contributed by atoms with Gasteiger partial charge in [0.15, 0.2) is 5.78 Å². The molecule has 6 rings (SSSR count). The minimum atomic E-state index is -4.20. The third-order valence-corrected chi connectivity index (χ3v) is 12.7. The van der Waals surface area contributed by atoms with Crippen molar-refractivity contribution in [3.8, 4) is 0 Å². The first-order valence-corrected chi connectivity index (χ1v) is 19.9. The van der Waals surface area contributed by atoms with E-state index in [9.17, 15) is 32.7 Å². The minimum Gasteiger partial charge on any atom is -0.478 e. The minimum absolute atomic E-state index is 0.0493. The number of benzene rings is 4. The maximum absolute atomic E-state index is 14.0. The van der Waals surface area contributed by atoms with Crippen molar-refractivity contribution in [1.82, 2.24) is 0 Å². The number of carboxylic acids is 2. The number of thiophene rings is 1. The number of nitrogens with zero attached hydrogens (tertiary/aromatic N) is 1. The van der Waals surface area contributed by atoms with Crippen LogP contribution in [0.2, 0.25) is 0 Å². The summed E-state index contributed by atoms with van der Waals surface area (Å²) in [6, 6.07) is 25.4. The Kier molecular flexibility index (Phi) is 11.4. The summed E-state index contributed by atoms with van der Waals surface area (Å²) in [7, 11) is -4.20. The van der Waals surface area contributed by atoms with Crippen molar-refractivity contribution in [2.24, 2.45) is 0 Å². The van der Waals surface area contributed by atoms with Gasteiger partial charge in [0.1, 0.15) is 0 Å². The van der Waals surface area contributed by atoms with Crippen molar-refractivity contribution < 1.29 is 37.8 Å². The molecule has 0 saturated heterocycles. The zero-order chi connectivity index (χ0) is 38.6. The number of aryl methyl sites for hydroxylation is 3. The van der Waals surface area contributed by atoms with Crippen molar-refractivity contribution in [3.63, 3.8) is 0 Å². The number of nitrogens with one attached hydrogen (secondary N) is 1. The molecule has 0 atom stereocenters. The lowest BCUT2D eigenvalue weighted by molar-refractivity contribution is 0.0686. The highest BCUT2D eigenvalue weighted by Crippen LogP contribution is 2.36. The van der Waals surface area contributed by atoms with Crippen LogP contribution in [0.5, 0.6) is 0 Å². The van der Waals surface area contributed by atoms with Gasteiger partial charge >= 0.3 is 11.9 Å². The maximum Gasteiger partial charge on any atom is 0.335 e. The van der Waals surface area contributed by atoms with Crippen molar-refractivity contribution in [1.29, 1.82) is 0 Å². The number of anilines is 2. The van der Waals surface area contributed by atoms with Crippen molar-refractivity contribution in [2.45, 2.75) is 69.7 Å². The number of rotatable bonds is 14. The van der Waals surface area contributed by atoms with Crippen LogP contribution < -0.4 is 9.62 Å². The Labute approximate surface area is 318 Å². The van der Waals surface area contributed by atoms with Gasteiger partial charge in [-0.3, -0.25) is 13.9 Å². The normalized spacial score (nSPS) is 12.6. The molecule has 0 spiro atoms. The Hall–Kier alpha value is -5.59. The zero-order valence-corrected chi connectivity index (χ0v) is 31.5. The standard InChI is InChI=1S/C42H40N2O8S2/c1-26(2)44(33-9-5-8-31(23-33)42(49)50)54(51,52)34-10-6-7-30(24-34)36(45)25-38-39(35-11-3-4-12-37(35)53-38)40(46)43-32-21-17-28(18-22-32)14-13-27-15-19-29(20-16-27)41(47)48/h5-10,15-24,26H,3-4,11-14,25H2,1-2H3,(H,43,46)(H,47,48)(H,49,50). The highest BCUT2D eigenvalue weighted by atomic mass is 32.2. The largest absolute Gasteiger partial charge is 0.478 e. The smallest absolute Gasteiger partial charge is 0.335 e. The van der Waals surface area contributed by atoms with E-state index in [-0.39, 0.29) is 45.4 Å². The molecular weight excluding hydrogens is 725 g/mol. The quantitative estimate of drug-likeness (QED) is 0.0958. The van der Waals surface area contributed by atoms with E-state index in [4.69, 9.17) is 5.11 Å². The third kappa shape index (κ3) is 8.45. The molecule has 0 aliphatic heterocycles. The van der Waals surface area contributed by atoms with Gasteiger partial charge in [0.25, 0.3) is 15.9 Å². The monoisotopic (exact) mass is 764 g/mol. The maximum atomic E-state index is 14.0. The van der Waals surface area contributed by atoms with Crippen LogP contribution in [0.3, 0.4) is 0 Å². The molecule has 12 heteroatoms. The molecule has 10 nitrogen and oxygen atoms in total. The molecule has 1 aromatic heterocycles. The fraction of sp³-hybridized carbons (Fsp3) is 0.238. The highest BCUT2D eigenvalue weighted by molar-refractivity contribution is 7.92. The molecule has 4 aromatic carbocycles. The average molecular weight is 765 g/mol. The van der Waals surface area contributed by atoms with Gasteiger partial charge in [0, 0.05) is 33.5 Å². The fourth-order valence-electron chi connectivity index (χ4n) is 6.74. The Morgan fingerprint density at radius 2 is 1.37 bits per heavy atom. The van der Waals surface area contributed by atoms with Gasteiger partial charge in [-0.05, 0) is 124 Å². The van der Waals surface area contributed by atoms with Crippen molar-refractivity contribution in [2.75, 3.05) is 9.62 Å². The van der Waals surface area contributed by atoms with Gasteiger partial charge in [-0.1, -0.05) is 42.5 Å². The summed E-state index contributed by atoms with van der Waals surface area (Å²) in [5.41, 5.74) is 4.74. The second kappa shape index (κ2) is 16.2. The van der Waals surface area contributed by atoms with Crippen molar-refractivity contribution >= 4 is 56.4 Å². The molecule has 0 bridgehead atoms. The lowest BCUT2D eigenvalue weighted by atomic mass is 9.93. The number of carboxylic acid groups (broad SMARTS) is 2. The number of carbonyl (C=O) groups is 4. The predicted octanol–water partition coefficient (Wildman–Crippen LogP) is 8.09. The number of hydrogen-bond acceptors (Lipinski definition) is 7. The number of aromatic carboxylic acids is 2. The van der Waals surface area contributed by atoms with E-state index in [0.717, 1.165) is 64.4 Å². The van der Waals surface area contributed by atoms with Gasteiger partial charge in [-0.25, -0.2) is 18.0 Å². The predicted molar refractivity (Wildman–Crippen MR) is 209 cm³/mol. The van der Waals surface area contributed by atoms with E-state index in [2.05, 4.69) is 5.32 Å². The van der Waals surface area contributed by atoms with E-state index in [1.807, 2.05) is 36.4 Å². The highest BCUT2D eigenvalue weighted by Gasteiger charge is 2.30. The third-order valence-electron chi connectivity index (χ3n) is 9.44. The van der Waals surface area contributed by atoms with E-state index in [1.165, 1.54) is 53.8 Å². The van der Waals surface area contributed by atoms with E-state index < -0.39 is 28.0 Å². The summed E-state index contributed by atoms with van der Waals surface area (Å²) < 4.78 is 29.1. The van der Waals surface area contributed by atoms with E-state index in [1.54, 1.807) is 32.0 Å². The second-order valence-corrected chi connectivity index (χ2v) is 16.5. The van der Waals surface area contributed by atoms with Crippen LogP contribution in [0.4, 0.5) is 11.4 Å². The molecule has 5 aromatic rings. The molecule has 0 unspecified atom stereocenters. The molecule has 1 aliphatic rings. The molecule has 0 radical (unpaired) electrons. The molecule has 278 valence electrons. The van der Waals surface area contributed by atoms with Crippen LogP contribution in [0.1, 0.15) is 94.6 Å². The molecule has 1 amide bonds.